The van der Waals surface area contributed by atoms with Gasteiger partial charge in [-0.3, -0.25) is 9.59 Å². The maximum absolute atomic E-state index is 13.7. The van der Waals surface area contributed by atoms with E-state index in [1.54, 1.807) is 37.3 Å². The minimum Gasteiger partial charge on any atom is -0.489 e. The minimum absolute atomic E-state index is 0.0797. The van der Waals surface area contributed by atoms with Gasteiger partial charge < -0.3 is 21.5 Å². The van der Waals surface area contributed by atoms with Gasteiger partial charge in [-0.15, -0.1) is 0 Å². The Morgan fingerprint density at radius 3 is 2.66 bits per heavy atom. The van der Waals surface area contributed by atoms with Crippen molar-refractivity contribution in [3.05, 3.63) is 71.2 Å². The molecule has 6 rings (SSSR count). The van der Waals surface area contributed by atoms with E-state index in [4.69, 9.17) is 21.2 Å². The number of carbonyl (C=O) groups excluding carboxylic acids is 2. The van der Waals surface area contributed by atoms with Gasteiger partial charge in [-0.05, 0) is 74.2 Å². The second-order valence-electron chi connectivity index (χ2n) is 10.2. The molecule has 0 saturated heterocycles. The number of carbonyl (C=O) groups is 2. The van der Waals surface area contributed by atoms with Gasteiger partial charge in [0.2, 0.25) is 5.91 Å². The van der Waals surface area contributed by atoms with E-state index in [0.717, 1.165) is 28.8 Å². The maximum Gasteiger partial charge on any atom is 0.251 e. The number of nitrogens with two attached hydrogens (primary N) is 2. The number of nitrogens with zero attached hydrogens (tertiary/aromatic N) is 2. The number of thiazole rings is 1. The lowest BCUT2D eigenvalue weighted by atomic mass is 9.82. The van der Waals surface area contributed by atoms with Crippen molar-refractivity contribution in [2.45, 2.75) is 31.1 Å². The lowest BCUT2D eigenvalue weighted by molar-refractivity contribution is -0.123. The fourth-order valence-electron chi connectivity index (χ4n) is 5.00. The van der Waals surface area contributed by atoms with Crippen LogP contribution in [0.3, 0.4) is 0 Å². The normalized spacial score (nSPS) is 19.1. The van der Waals surface area contributed by atoms with Crippen LogP contribution in [0.5, 0.6) is 5.75 Å². The summed E-state index contributed by atoms with van der Waals surface area (Å²) < 4.78 is 20.5. The monoisotopic (exact) mass is 531 g/mol. The first kappa shape index (κ1) is 24.3. The highest BCUT2D eigenvalue weighted by Crippen LogP contribution is 2.48. The number of anilines is 1. The first-order valence-corrected chi connectivity index (χ1v) is 13.2. The number of benzene rings is 2. The van der Waals surface area contributed by atoms with Crippen molar-refractivity contribution in [3.8, 4) is 17.0 Å². The average molecular weight is 532 g/mol. The highest BCUT2D eigenvalue weighted by atomic mass is 32.1. The van der Waals surface area contributed by atoms with Crippen LogP contribution in [0, 0.1) is 11.7 Å². The Morgan fingerprint density at radius 1 is 1.18 bits per heavy atom. The van der Waals surface area contributed by atoms with Crippen LogP contribution in [-0.4, -0.2) is 34.9 Å². The smallest absolute Gasteiger partial charge is 0.251 e. The van der Waals surface area contributed by atoms with Crippen LogP contribution in [0.2, 0.25) is 0 Å². The van der Waals surface area contributed by atoms with Crippen LogP contribution >= 0.6 is 11.3 Å². The molecule has 0 radical (unpaired) electrons. The zero-order valence-corrected chi connectivity index (χ0v) is 21.5. The number of aromatic nitrogens is 2. The predicted molar refractivity (Wildman–Crippen MR) is 144 cm³/mol. The highest BCUT2D eigenvalue weighted by molar-refractivity contribution is 7.22. The van der Waals surface area contributed by atoms with E-state index < -0.39 is 11.3 Å². The molecule has 1 aliphatic heterocycles. The number of nitrogens with one attached hydrogen (secondary N) is 1. The van der Waals surface area contributed by atoms with Crippen LogP contribution in [0.4, 0.5) is 9.52 Å². The molecule has 38 heavy (non-hydrogen) atoms. The first-order valence-electron chi connectivity index (χ1n) is 12.4. The molecule has 2 amide bonds. The second kappa shape index (κ2) is 9.05. The van der Waals surface area contributed by atoms with E-state index in [0.29, 0.717) is 45.7 Å². The number of nitrogen functional groups attached to an aromatic ring is 1. The molecule has 1 fully saturated rings. The summed E-state index contributed by atoms with van der Waals surface area (Å²) in [5.41, 5.74) is 14.5. The van der Waals surface area contributed by atoms with Gasteiger partial charge in [-0.2, -0.15) is 0 Å². The van der Waals surface area contributed by atoms with Crippen LogP contribution in [0.15, 0.2) is 48.5 Å². The summed E-state index contributed by atoms with van der Waals surface area (Å²) in [6.45, 7) is 2.23. The zero-order valence-electron chi connectivity index (χ0n) is 20.7. The zero-order chi connectivity index (χ0) is 26.6. The molecule has 1 aliphatic carbocycles. The fourth-order valence-corrected chi connectivity index (χ4v) is 5.77. The van der Waals surface area contributed by atoms with Gasteiger partial charge in [0.1, 0.15) is 29.3 Å². The van der Waals surface area contributed by atoms with E-state index in [9.17, 15) is 14.0 Å². The number of ether oxygens (including phenoxy) is 1. The van der Waals surface area contributed by atoms with Crippen molar-refractivity contribution < 1.29 is 18.7 Å². The standard InChI is InChI=1S/C28H26FN5O3S/c1-28(26(30)36)13-37-24-19(28)11-21(33-23(24)15-4-7-17(29)8-5-15)18(14-2-3-14)12-32-25(35)16-6-9-20-22(10-16)38-27(31)34-20/h4-11,14,18H,2-3,12-13H2,1H3,(H2,30,36)(H2,31,34)(H,32,35)/t18-,28-/m0/s1. The Hall–Kier alpha value is -4.05. The van der Waals surface area contributed by atoms with Crippen molar-refractivity contribution in [2.24, 2.45) is 11.7 Å². The number of hydrogen-bond donors (Lipinski definition) is 3. The third kappa shape index (κ3) is 4.24. The largest absolute Gasteiger partial charge is 0.489 e. The Balaban J connectivity index is 1.35. The maximum atomic E-state index is 13.7. The average Bonchev–Trinajstić information content (AvgIpc) is 3.57. The van der Waals surface area contributed by atoms with Gasteiger partial charge in [0, 0.05) is 34.8 Å². The first-order chi connectivity index (χ1) is 18.2. The van der Waals surface area contributed by atoms with Gasteiger partial charge in [-0.25, -0.2) is 14.4 Å². The van der Waals surface area contributed by atoms with Crippen LogP contribution in [0.1, 0.15) is 47.3 Å². The van der Waals surface area contributed by atoms with Gasteiger partial charge in [-0.1, -0.05) is 11.3 Å². The van der Waals surface area contributed by atoms with Gasteiger partial charge in [0.05, 0.1) is 10.2 Å². The van der Waals surface area contributed by atoms with Crippen molar-refractivity contribution in [1.29, 1.82) is 0 Å². The molecule has 1 saturated carbocycles. The Kier molecular flexibility index (Phi) is 5.79. The molecule has 8 nitrogen and oxygen atoms in total. The molecule has 10 heteroatoms. The van der Waals surface area contributed by atoms with Gasteiger partial charge in [0.15, 0.2) is 5.13 Å². The van der Waals surface area contributed by atoms with Crippen molar-refractivity contribution in [3.63, 3.8) is 0 Å². The molecule has 2 aliphatic rings. The number of rotatable bonds is 7. The minimum atomic E-state index is -1.02. The summed E-state index contributed by atoms with van der Waals surface area (Å²) in [4.78, 5) is 34.8. The van der Waals surface area contributed by atoms with E-state index in [2.05, 4.69) is 10.3 Å². The topological polar surface area (TPSA) is 133 Å². The molecular formula is C28H26FN5O3S. The van der Waals surface area contributed by atoms with E-state index in [1.807, 2.05) is 6.07 Å². The van der Waals surface area contributed by atoms with Gasteiger partial charge >= 0.3 is 0 Å². The van der Waals surface area contributed by atoms with Crippen LogP contribution in [-0.2, 0) is 10.2 Å². The van der Waals surface area contributed by atoms with E-state index in [-0.39, 0.29) is 24.2 Å². The van der Waals surface area contributed by atoms with Gasteiger partial charge in [0.25, 0.3) is 5.91 Å². The summed E-state index contributed by atoms with van der Waals surface area (Å²) in [6.07, 6.45) is 2.03. The van der Waals surface area contributed by atoms with E-state index >= 15 is 0 Å². The summed E-state index contributed by atoms with van der Waals surface area (Å²) in [6, 6.07) is 13.2. The lowest BCUT2D eigenvalue weighted by Crippen LogP contribution is -2.40. The number of pyridine rings is 1. The Morgan fingerprint density at radius 2 is 1.95 bits per heavy atom. The van der Waals surface area contributed by atoms with Crippen LogP contribution in [0.25, 0.3) is 21.5 Å². The molecule has 5 N–H and O–H groups in total. The molecule has 0 unspecified atom stereocenters. The number of fused-ring (bicyclic) bond motifs is 2. The quantitative estimate of drug-likeness (QED) is 0.328. The molecule has 3 heterocycles. The molecule has 194 valence electrons. The van der Waals surface area contributed by atoms with Crippen molar-refractivity contribution in [2.75, 3.05) is 18.9 Å². The summed E-state index contributed by atoms with van der Waals surface area (Å²) in [5.74, 6) is -0.306. The highest BCUT2D eigenvalue weighted by Gasteiger charge is 2.45. The van der Waals surface area contributed by atoms with Crippen LogP contribution < -0.4 is 21.5 Å². The third-order valence-electron chi connectivity index (χ3n) is 7.47. The fraction of sp³-hybridized carbons (Fsp3) is 0.286. The van der Waals surface area contributed by atoms with Crippen molar-refractivity contribution in [1.82, 2.24) is 15.3 Å². The molecular weight excluding hydrogens is 505 g/mol. The van der Waals surface area contributed by atoms with Crippen molar-refractivity contribution >= 4 is 38.5 Å². The Bertz CT molecular complexity index is 1580. The number of primary amides is 1. The molecule has 2 aromatic heterocycles. The summed E-state index contributed by atoms with van der Waals surface area (Å²) >= 11 is 1.34. The molecule has 4 aromatic rings. The van der Waals surface area contributed by atoms with E-state index in [1.165, 1.54) is 23.5 Å². The second-order valence-corrected chi connectivity index (χ2v) is 11.2. The summed E-state index contributed by atoms with van der Waals surface area (Å²) in [7, 11) is 0. The third-order valence-corrected chi connectivity index (χ3v) is 8.32. The summed E-state index contributed by atoms with van der Waals surface area (Å²) in [5, 5.41) is 3.53. The Labute approximate surface area is 222 Å². The molecule has 2 atom stereocenters. The number of amides is 2. The number of hydrogen-bond acceptors (Lipinski definition) is 7. The molecule has 0 bridgehead atoms. The molecule has 0 spiro atoms. The SMILES string of the molecule is C[C@]1(C(N)=O)COc2c1cc([C@@H](CNC(=O)c1ccc3nc(N)sc3c1)C1CC1)nc2-c1ccc(F)cc1. The number of halogens is 1. The predicted octanol–water partition coefficient (Wildman–Crippen LogP) is 4.14. The lowest BCUT2D eigenvalue weighted by Gasteiger charge is -2.22. The molecule has 2 aromatic carbocycles.